The molecule has 0 aliphatic carbocycles. The van der Waals surface area contributed by atoms with E-state index in [1.54, 1.807) is 6.07 Å². The normalized spacial score (nSPS) is 16.4. The predicted octanol–water partition coefficient (Wildman–Crippen LogP) is 2.53. The first-order chi connectivity index (χ1) is 8.99. The van der Waals surface area contributed by atoms with Gasteiger partial charge in [-0.25, -0.2) is 4.79 Å². The van der Waals surface area contributed by atoms with Crippen LogP contribution in [0.1, 0.15) is 30.1 Å². The van der Waals surface area contributed by atoms with Crippen LogP contribution in [0.25, 0.3) is 0 Å². The molecule has 6 nitrogen and oxygen atoms in total. The van der Waals surface area contributed by atoms with Gasteiger partial charge in [0.2, 0.25) is 0 Å². The van der Waals surface area contributed by atoms with Crippen molar-refractivity contribution in [2.24, 2.45) is 5.92 Å². The van der Waals surface area contributed by atoms with Gasteiger partial charge in [0.05, 0.1) is 4.92 Å². The fraction of sp³-hybridized carbons (Fsp3) is 0.462. The number of carboxylic acid groups (broad SMARTS) is 1. The van der Waals surface area contributed by atoms with Crippen LogP contribution in [0.4, 0.5) is 11.4 Å². The maximum absolute atomic E-state index is 11.1. The summed E-state index contributed by atoms with van der Waals surface area (Å²) in [5, 5.41) is 19.8. The summed E-state index contributed by atoms with van der Waals surface area (Å²) in [6.45, 7) is 3.91. The molecule has 1 aromatic rings. The van der Waals surface area contributed by atoms with Crippen LogP contribution in [0.15, 0.2) is 18.2 Å². The number of carbonyl (C=O) groups is 1. The Morgan fingerprint density at radius 1 is 1.42 bits per heavy atom. The zero-order valence-electron chi connectivity index (χ0n) is 10.7. The first-order valence-corrected chi connectivity index (χ1v) is 6.25. The molecule has 1 aliphatic rings. The molecule has 1 aliphatic heterocycles. The van der Waals surface area contributed by atoms with Crippen LogP contribution in [0, 0.1) is 16.0 Å². The summed E-state index contributed by atoms with van der Waals surface area (Å²) >= 11 is 0. The Balaban J connectivity index is 2.30. The van der Waals surface area contributed by atoms with E-state index in [-0.39, 0.29) is 11.3 Å². The zero-order chi connectivity index (χ0) is 14.0. The average Bonchev–Trinajstić information content (AvgIpc) is 2.38. The number of nitro benzene ring substituents is 1. The number of rotatable bonds is 3. The van der Waals surface area contributed by atoms with Crippen LogP contribution in [0.3, 0.4) is 0 Å². The quantitative estimate of drug-likeness (QED) is 0.670. The number of piperidine rings is 1. The summed E-state index contributed by atoms with van der Waals surface area (Å²) in [4.78, 5) is 23.3. The number of carboxylic acids is 1. The molecule has 1 heterocycles. The molecule has 0 saturated carbocycles. The number of anilines is 1. The monoisotopic (exact) mass is 264 g/mol. The zero-order valence-corrected chi connectivity index (χ0v) is 10.7. The third kappa shape index (κ3) is 2.83. The van der Waals surface area contributed by atoms with Gasteiger partial charge in [-0.05, 0) is 30.9 Å². The second-order valence-corrected chi connectivity index (χ2v) is 4.93. The van der Waals surface area contributed by atoms with Crippen LogP contribution >= 0.6 is 0 Å². The highest BCUT2D eigenvalue weighted by atomic mass is 16.6. The van der Waals surface area contributed by atoms with E-state index in [2.05, 4.69) is 11.8 Å². The van der Waals surface area contributed by atoms with Gasteiger partial charge < -0.3 is 10.0 Å². The highest BCUT2D eigenvalue weighted by molar-refractivity contribution is 5.93. The number of nitro groups is 1. The number of hydrogen-bond acceptors (Lipinski definition) is 4. The van der Waals surface area contributed by atoms with Crippen molar-refractivity contribution >= 4 is 17.3 Å². The summed E-state index contributed by atoms with van der Waals surface area (Å²) in [5.74, 6) is -0.591. The summed E-state index contributed by atoms with van der Waals surface area (Å²) in [6.07, 6.45) is 2.11. The SMILES string of the molecule is CC1CCN(c2ccc([N+](=O)[O-])c(C(=O)O)c2)CC1. The first-order valence-electron chi connectivity index (χ1n) is 6.25. The summed E-state index contributed by atoms with van der Waals surface area (Å²) in [6, 6.07) is 4.30. The summed E-state index contributed by atoms with van der Waals surface area (Å²) in [5.41, 5.74) is 0.137. The Morgan fingerprint density at radius 2 is 2.05 bits per heavy atom. The molecule has 102 valence electrons. The van der Waals surface area contributed by atoms with Crippen molar-refractivity contribution in [2.75, 3.05) is 18.0 Å². The average molecular weight is 264 g/mol. The number of benzene rings is 1. The van der Waals surface area contributed by atoms with Crippen LogP contribution in [0.5, 0.6) is 0 Å². The molecule has 19 heavy (non-hydrogen) atoms. The largest absolute Gasteiger partial charge is 0.477 e. The summed E-state index contributed by atoms with van der Waals surface area (Å²) < 4.78 is 0. The molecule has 0 radical (unpaired) electrons. The van der Waals surface area contributed by atoms with Gasteiger partial charge in [-0.1, -0.05) is 6.92 Å². The fourth-order valence-electron chi connectivity index (χ4n) is 2.32. The van der Waals surface area contributed by atoms with E-state index in [4.69, 9.17) is 5.11 Å². The van der Waals surface area contributed by atoms with Crippen LogP contribution < -0.4 is 4.90 Å². The third-order valence-corrected chi connectivity index (χ3v) is 3.56. The molecule has 1 aromatic carbocycles. The predicted molar refractivity (Wildman–Crippen MR) is 70.7 cm³/mol. The highest BCUT2D eigenvalue weighted by Crippen LogP contribution is 2.28. The van der Waals surface area contributed by atoms with Crippen molar-refractivity contribution in [1.82, 2.24) is 0 Å². The molecule has 0 bridgehead atoms. The first kappa shape index (κ1) is 13.3. The second kappa shape index (κ2) is 5.26. The van der Waals surface area contributed by atoms with E-state index >= 15 is 0 Å². The minimum Gasteiger partial charge on any atom is -0.477 e. The number of nitrogens with zero attached hydrogens (tertiary/aromatic N) is 2. The van der Waals surface area contributed by atoms with Gasteiger partial charge in [-0.15, -0.1) is 0 Å². The lowest BCUT2D eigenvalue weighted by molar-refractivity contribution is -0.385. The number of aromatic carboxylic acids is 1. The van der Waals surface area contributed by atoms with Crippen LogP contribution in [-0.4, -0.2) is 29.1 Å². The molecule has 1 saturated heterocycles. The summed E-state index contributed by atoms with van der Waals surface area (Å²) in [7, 11) is 0. The topological polar surface area (TPSA) is 83.7 Å². The van der Waals surface area contributed by atoms with Gasteiger partial charge in [0, 0.05) is 24.8 Å². The van der Waals surface area contributed by atoms with Crippen molar-refractivity contribution in [3.8, 4) is 0 Å². The van der Waals surface area contributed by atoms with Gasteiger partial charge in [0.15, 0.2) is 0 Å². The molecule has 1 N–H and O–H groups in total. The molecule has 0 atom stereocenters. The van der Waals surface area contributed by atoms with Crippen molar-refractivity contribution in [2.45, 2.75) is 19.8 Å². The van der Waals surface area contributed by atoms with Gasteiger partial charge in [-0.2, -0.15) is 0 Å². The van der Waals surface area contributed by atoms with E-state index in [1.165, 1.54) is 12.1 Å². The van der Waals surface area contributed by atoms with Gasteiger partial charge >= 0.3 is 5.97 Å². The van der Waals surface area contributed by atoms with Crippen molar-refractivity contribution in [3.05, 3.63) is 33.9 Å². The molecular weight excluding hydrogens is 248 g/mol. The lowest BCUT2D eigenvalue weighted by Crippen LogP contribution is -2.32. The smallest absolute Gasteiger partial charge is 0.342 e. The Kier molecular flexibility index (Phi) is 3.69. The van der Waals surface area contributed by atoms with E-state index < -0.39 is 10.9 Å². The molecule has 0 spiro atoms. The molecular formula is C13H16N2O4. The Hall–Kier alpha value is -2.11. The molecule has 0 unspecified atom stereocenters. The maximum atomic E-state index is 11.1. The van der Waals surface area contributed by atoms with Crippen molar-refractivity contribution in [3.63, 3.8) is 0 Å². The Bertz CT molecular complexity index is 507. The van der Waals surface area contributed by atoms with Gasteiger partial charge in [0.1, 0.15) is 5.56 Å². The van der Waals surface area contributed by atoms with Crippen LogP contribution in [0.2, 0.25) is 0 Å². The van der Waals surface area contributed by atoms with E-state index in [0.29, 0.717) is 5.92 Å². The molecule has 2 rings (SSSR count). The Labute approximate surface area is 110 Å². The fourth-order valence-corrected chi connectivity index (χ4v) is 2.32. The third-order valence-electron chi connectivity index (χ3n) is 3.56. The highest BCUT2D eigenvalue weighted by Gasteiger charge is 2.23. The minimum atomic E-state index is -1.26. The van der Waals surface area contributed by atoms with E-state index in [1.807, 2.05) is 0 Å². The standard InChI is InChI=1S/C13H16N2O4/c1-9-4-6-14(7-5-9)10-2-3-12(15(18)19)11(8-10)13(16)17/h2-3,8-9H,4-7H2,1H3,(H,16,17). The number of hydrogen-bond donors (Lipinski definition) is 1. The Morgan fingerprint density at radius 3 is 2.58 bits per heavy atom. The van der Waals surface area contributed by atoms with Gasteiger partial charge in [0.25, 0.3) is 5.69 Å². The van der Waals surface area contributed by atoms with E-state index in [0.717, 1.165) is 31.6 Å². The van der Waals surface area contributed by atoms with Crippen molar-refractivity contribution in [1.29, 1.82) is 0 Å². The second-order valence-electron chi connectivity index (χ2n) is 4.93. The molecule has 0 aromatic heterocycles. The maximum Gasteiger partial charge on any atom is 0.342 e. The lowest BCUT2D eigenvalue weighted by Gasteiger charge is -2.32. The molecule has 0 amide bonds. The van der Waals surface area contributed by atoms with E-state index in [9.17, 15) is 14.9 Å². The lowest BCUT2D eigenvalue weighted by atomic mass is 9.98. The molecule has 6 heteroatoms. The van der Waals surface area contributed by atoms with Gasteiger partial charge in [-0.3, -0.25) is 10.1 Å². The minimum absolute atomic E-state index is 0.249. The van der Waals surface area contributed by atoms with Crippen LogP contribution in [-0.2, 0) is 0 Å². The molecule has 1 fully saturated rings. The van der Waals surface area contributed by atoms with Crippen molar-refractivity contribution < 1.29 is 14.8 Å².